The minimum absolute atomic E-state index is 0.124. The summed E-state index contributed by atoms with van der Waals surface area (Å²) in [5, 5.41) is 25.1. The summed E-state index contributed by atoms with van der Waals surface area (Å²) in [4.78, 5) is 11.1. The van der Waals surface area contributed by atoms with Gasteiger partial charge in [-0.05, 0) is 62.4 Å². The maximum absolute atomic E-state index is 11.5. The van der Waals surface area contributed by atoms with E-state index in [0.717, 1.165) is 36.1 Å². The zero-order valence-corrected chi connectivity index (χ0v) is 20.3. The number of carbonyl (C=O) groups is 1. The van der Waals surface area contributed by atoms with Gasteiger partial charge in [0, 0.05) is 23.7 Å². The van der Waals surface area contributed by atoms with Crippen molar-refractivity contribution in [3.05, 3.63) is 76.6 Å². The largest absolute Gasteiger partial charge is 0.496 e. The zero-order chi connectivity index (χ0) is 24.7. The lowest BCUT2D eigenvalue weighted by atomic mass is 9.89. The standard InChI is InChI=1S/C27H34N2O5/c1-18-13-23(16-26(30)31)28-29(18)17-21(12-8-11-20-9-6-5-7-10-20)27(32)22-14-24(33-3)19(2)25(15-22)34-4/h5-7,9-10,13-15,21,27,32H,8,11-12,16-17H2,1-4H3,(H,30,31)/t21-,27?/m1/s1. The number of aliphatic hydroxyl groups is 1. The van der Waals surface area contributed by atoms with Gasteiger partial charge in [0.25, 0.3) is 0 Å². The average Bonchev–Trinajstić information content (AvgIpc) is 3.16. The summed E-state index contributed by atoms with van der Waals surface area (Å²) >= 11 is 0. The predicted molar refractivity (Wildman–Crippen MR) is 130 cm³/mol. The molecule has 1 aromatic heterocycles. The Labute approximate surface area is 201 Å². The molecule has 0 amide bonds. The van der Waals surface area contributed by atoms with Crippen LogP contribution in [0, 0.1) is 19.8 Å². The first-order valence-corrected chi connectivity index (χ1v) is 11.5. The molecule has 0 fully saturated rings. The fraction of sp³-hybridized carbons (Fsp3) is 0.407. The molecule has 1 unspecified atom stereocenters. The molecule has 0 aliphatic heterocycles. The van der Waals surface area contributed by atoms with E-state index < -0.39 is 12.1 Å². The van der Waals surface area contributed by atoms with Crippen LogP contribution in [0.15, 0.2) is 48.5 Å². The molecule has 0 aliphatic carbocycles. The molecule has 3 rings (SSSR count). The van der Waals surface area contributed by atoms with Gasteiger partial charge in [0.2, 0.25) is 0 Å². The topological polar surface area (TPSA) is 93.8 Å². The predicted octanol–water partition coefficient (Wildman–Crippen LogP) is 4.52. The Bertz CT molecular complexity index is 1070. The van der Waals surface area contributed by atoms with Crippen LogP contribution >= 0.6 is 0 Å². The summed E-state index contributed by atoms with van der Waals surface area (Å²) in [6.45, 7) is 4.30. The van der Waals surface area contributed by atoms with Crippen molar-refractivity contribution in [1.29, 1.82) is 0 Å². The quantitative estimate of drug-likeness (QED) is 0.408. The fourth-order valence-electron chi connectivity index (χ4n) is 4.34. The minimum atomic E-state index is -0.914. The second-order valence-corrected chi connectivity index (χ2v) is 8.66. The van der Waals surface area contributed by atoms with Gasteiger partial charge < -0.3 is 19.7 Å². The summed E-state index contributed by atoms with van der Waals surface area (Å²) in [5.41, 5.74) is 4.24. The Hall–Kier alpha value is -3.32. The number of rotatable bonds is 12. The summed E-state index contributed by atoms with van der Waals surface area (Å²) in [6.07, 6.45) is 1.68. The Morgan fingerprint density at radius 3 is 2.29 bits per heavy atom. The molecule has 34 heavy (non-hydrogen) atoms. The summed E-state index contributed by atoms with van der Waals surface area (Å²) in [7, 11) is 3.21. The number of aromatic nitrogens is 2. The Balaban J connectivity index is 1.86. The van der Waals surface area contributed by atoms with Crippen LogP contribution < -0.4 is 9.47 Å². The molecule has 182 valence electrons. The summed E-state index contributed by atoms with van der Waals surface area (Å²) < 4.78 is 12.8. The van der Waals surface area contributed by atoms with E-state index in [-0.39, 0.29) is 12.3 Å². The van der Waals surface area contributed by atoms with Crippen LogP contribution in [0.5, 0.6) is 11.5 Å². The smallest absolute Gasteiger partial charge is 0.309 e. The lowest BCUT2D eigenvalue weighted by molar-refractivity contribution is -0.136. The van der Waals surface area contributed by atoms with Gasteiger partial charge in [-0.1, -0.05) is 30.3 Å². The van der Waals surface area contributed by atoms with Gasteiger partial charge >= 0.3 is 5.97 Å². The SMILES string of the molecule is COc1cc(C(O)[C@H](CCCc2ccccc2)Cn2nc(CC(=O)O)cc2C)cc(OC)c1C. The molecule has 2 N–H and O–H groups in total. The first-order chi connectivity index (χ1) is 16.3. The third-order valence-corrected chi connectivity index (χ3v) is 6.22. The van der Waals surface area contributed by atoms with Crippen LogP contribution in [0.2, 0.25) is 0 Å². The van der Waals surface area contributed by atoms with Crippen LogP contribution in [0.1, 0.15) is 47.0 Å². The van der Waals surface area contributed by atoms with E-state index in [4.69, 9.17) is 14.6 Å². The van der Waals surface area contributed by atoms with Crippen LogP contribution in [0.3, 0.4) is 0 Å². The van der Waals surface area contributed by atoms with Gasteiger partial charge in [0.15, 0.2) is 0 Å². The van der Waals surface area contributed by atoms with Crippen LogP contribution in [-0.2, 0) is 24.2 Å². The van der Waals surface area contributed by atoms with E-state index in [0.29, 0.717) is 23.7 Å². The van der Waals surface area contributed by atoms with E-state index in [1.165, 1.54) is 5.56 Å². The van der Waals surface area contributed by atoms with Crippen molar-refractivity contribution >= 4 is 5.97 Å². The molecule has 1 heterocycles. The van der Waals surface area contributed by atoms with Crippen molar-refractivity contribution in [2.24, 2.45) is 5.92 Å². The number of aliphatic hydroxyl groups excluding tert-OH is 1. The normalized spacial score (nSPS) is 12.9. The maximum Gasteiger partial charge on any atom is 0.309 e. The second kappa shape index (κ2) is 11.7. The molecule has 3 aromatic rings. The second-order valence-electron chi connectivity index (χ2n) is 8.66. The van der Waals surface area contributed by atoms with Gasteiger partial charge in [0.05, 0.1) is 32.4 Å². The first-order valence-electron chi connectivity index (χ1n) is 11.5. The first kappa shape index (κ1) is 25.3. The number of ether oxygens (including phenoxy) is 2. The molecule has 0 saturated carbocycles. The Morgan fingerprint density at radius 2 is 1.71 bits per heavy atom. The number of hydrogen-bond donors (Lipinski definition) is 2. The van der Waals surface area contributed by atoms with Crippen LogP contribution in [-0.4, -0.2) is 40.2 Å². The Morgan fingerprint density at radius 1 is 1.06 bits per heavy atom. The van der Waals surface area contributed by atoms with Gasteiger partial charge in [-0.3, -0.25) is 9.48 Å². The van der Waals surface area contributed by atoms with Crippen LogP contribution in [0.4, 0.5) is 0 Å². The van der Waals surface area contributed by atoms with Crippen LogP contribution in [0.25, 0.3) is 0 Å². The molecule has 0 bridgehead atoms. The highest BCUT2D eigenvalue weighted by atomic mass is 16.5. The average molecular weight is 467 g/mol. The van der Waals surface area contributed by atoms with E-state index in [1.807, 2.05) is 44.2 Å². The fourth-order valence-corrected chi connectivity index (χ4v) is 4.34. The molecule has 0 radical (unpaired) electrons. The third-order valence-electron chi connectivity index (χ3n) is 6.22. The third kappa shape index (κ3) is 6.38. The number of aliphatic carboxylic acids is 1. The number of aryl methyl sites for hydroxylation is 2. The monoisotopic (exact) mass is 466 g/mol. The van der Waals surface area contributed by atoms with Crippen molar-refractivity contribution in [3.8, 4) is 11.5 Å². The number of hydrogen-bond acceptors (Lipinski definition) is 5. The molecule has 2 atom stereocenters. The molecule has 2 aromatic carbocycles. The number of methoxy groups -OCH3 is 2. The van der Waals surface area contributed by atoms with Crippen molar-refractivity contribution in [1.82, 2.24) is 9.78 Å². The lowest BCUT2D eigenvalue weighted by Crippen LogP contribution is -2.21. The zero-order valence-electron chi connectivity index (χ0n) is 20.3. The van der Waals surface area contributed by atoms with Gasteiger partial charge in [0.1, 0.15) is 11.5 Å². The highest BCUT2D eigenvalue weighted by Crippen LogP contribution is 2.36. The molecule has 7 heteroatoms. The summed E-state index contributed by atoms with van der Waals surface area (Å²) in [5.74, 6) is 0.269. The lowest BCUT2D eigenvalue weighted by Gasteiger charge is -2.25. The van der Waals surface area contributed by atoms with Gasteiger partial charge in [-0.15, -0.1) is 0 Å². The van der Waals surface area contributed by atoms with Crippen molar-refractivity contribution < 1.29 is 24.5 Å². The highest BCUT2D eigenvalue weighted by molar-refractivity contribution is 5.69. The van der Waals surface area contributed by atoms with Crippen molar-refractivity contribution in [2.75, 3.05) is 14.2 Å². The highest BCUT2D eigenvalue weighted by Gasteiger charge is 2.25. The molecule has 7 nitrogen and oxygen atoms in total. The number of nitrogens with zero attached hydrogens (tertiary/aromatic N) is 2. The maximum atomic E-state index is 11.5. The molecule has 0 saturated heterocycles. The van der Waals surface area contributed by atoms with E-state index in [2.05, 4.69) is 17.2 Å². The van der Waals surface area contributed by atoms with Gasteiger partial charge in [-0.2, -0.15) is 5.10 Å². The van der Waals surface area contributed by atoms with E-state index in [9.17, 15) is 9.90 Å². The number of carboxylic acids is 1. The van der Waals surface area contributed by atoms with Gasteiger partial charge in [-0.25, -0.2) is 0 Å². The minimum Gasteiger partial charge on any atom is -0.496 e. The van der Waals surface area contributed by atoms with E-state index >= 15 is 0 Å². The number of carboxylic acid groups (broad SMARTS) is 1. The Kier molecular flexibility index (Phi) is 8.71. The molecule has 0 aliphatic rings. The molecular formula is C27H34N2O5. The van der Waals surface area contributed by atoms with Crippen molar-refractivity contribution in [2.45, 2.75) is 52.2 Å². The van der Waals surface area contributed by atoms with E-state index in [1.54, 1.807) is 25.0 Å². The number of benzene rings is 2. The molecule has 0 spiro atoms. The molecular weight excluding hydrogens is 432 g/mol. The summed E-state index contributed by atoms with van der Waals surface area (Å²) in [6, 6.07) is 15.8. The van der Waals surface area contributed by atoms with Crippen molar-refractivity contribution in [3.63, 3.8) is 0 Å².